The van der Waals surface area contributed by atoms with Crippen LogP contribution in [0, 0.1) is 5.92 Å². The van der Waals surface area contributed by atoms with Gasteiger partial charge in [0.15, 0.2) is 0 Å². The molecule has 0 aromatic rings. The standard InChI is InChI=1S/C15H30N2O3/c1-7-19-12-8-11(13(12)16-9-10(2)3)17-14(18)20-15(4,5)6/h10-13,16H,7-9H2,1-6H3,(H,17,18). The van der Waals surface area contributed by atoms with Gasteiger partial charge in [0, 0.05) is 6.61 Å². The van der Waals surface area contributed by atoms with Gasteiger partial charge < -0.3 is 20.1 Å². The van der Waals surface area contributed by atoms with Crippen LogP contribution in [-0.4, -0.2) is 43.0 Å². The third-order valence-corrected chi connectivity index (χ3v) is 3.16. The molecule has 0 spiro atoms. The van der Waals surface area contributed by atoms with E-state index in [2.05, 4.69) is 24.5 Å². The van der Waals surface area contributed by atoms with Gasteiger partial charge in [-0.2, -0.15) is 0 Å². The van der Waals surface area contributed by atoms with Gasteiger partial charge in [-0.1, -0.05) is 13.8 Å². The summed E-state index contributed by atoms with van der Waals surface area (Å²) in [5.41, 5.74) is -0.464. The largest absolute Gasteiger partial charge is 0.444 e. The molecule has 3 atom stereocenters. The molecule has 0 heterocycles. The van der Waals surface area contributed by atoms with E-state index >= 15 is 0 Å². The molecule has 0 aromatic carbocycles. The molecule has 1 aliphatic carbocycles. The van der Waals surface area contributed by atoms with Crippen LogP contribution in [0.4, 0.5) is 4.79 Å². The Hall–Kier alpha value is -0.810. The molecule has 1 saturated carbocycles. The summed E-state index contributed by atoms with van der Waals surface area (Å²) in [4.78, 5) is 11.8. The predicted octanol–water partition coefficient (Wildman–Crippen LogP) is 2.30. The van der Waals surface area contributed by atoms with Gasteiger partial charge in [-0.25, -0.2) is 4.79 Å². The molecule has 1 fully saturated rings. The van der Waals surface area contributed by atoms with E-state index in [9.17, 15) is 4.79 Å². The van der Waals surface area contributed by atoms with Gasteiger partial charge >= 0.3 is 6.09 Å². The maximum atomic E-state index is 11.8. The average molecular weight is 286 g/mol. The van der Waals surface area contributed by atoms with Crippen molar-refractivity contribution in [3.05, 3.63) is 0 Å². The van der Waals surface area contributed by atoms with Crippen molar-refractivity contribution >= 4 is 6.09 Å². The second-order valence-electron chi connectivity index (χ2n) is 6.81. The number of carbonyl (C=O) groups is 1. The molecule has 20 heavy (non-hydrogen) atoms. The minimum atomic E-state index is -0.464. The third kappa shape index (κ3) is 5.67. The first-order valence-electron chi connectivity index (χ1n) is 7.57. The van der Waals surface area contributed by atoms with E-state index in [1.807, 2.05) is 27.7 Å². The Bertz CT molecular complexity index is 313. The molecule has 1 aliphatic rings. The summed E-state index contributed by atoms with van der Waals surface area (Å²) in [5, 5.41) is 6.41. The highest BCUT2D eigenvalue weighted by molar-refractivity contribution is 5.68. The number of rotatable bonds is 6. The second-order valence-corrected chi connectivity index (χ2v) is 6.81. The molecule has 0 bridgehead atoms. The van der Waals surface area contributed by atoms with Gasteiger partial charge in [0.2, 0.25) is 0 Å². The van der Waals surface area contributed by atoms with E-state index in [-0.39, 0.29) is 24.3 Å². The van der Waals surface area contributed by atoms with Crippen LogP contribution in [0.3, 0.4) is 0 Å². The number of ether oxygens (including phenoxy) is 2. The summed E-state index contributed by atoms with van der Waals surface area (Å²) in [6.07, 6.45) is 0.663. The first-order chi connectivity index (χ1) is 9.23. The molecule has 5 nitrogen and oxygen atoms in total. The number of amides is 1. The van der Waals surface area contributed by atoms with Crippen molar-refractivity contribution in [1.82, 2.24) is 10.6 Å². The van der Waals surface area contributed by atoms with Gasteiger partial charge in [-0.3, -0.25) is 0 Å². The van der Waals surface area contributed by atoms with Crippen molar-refractivity contribution in [1.29, 1.82) is 0 Å². The first-order valence-corrected chi connectivity index (χ1v) is 7.57. The molecule has 1 rings (SSSR count). The molecule has 0 radical (unpaired) electrons. The highest BCUT2D eigenvalue weighted by Gasteiger charge is 2.42. The summed E-state index contributed by atoms with van der Waals surface area (Å²) < 4.78 is 11.0. The number of nitrogens with one attached hydrogen (secondary N) is 2. The van der Waals surface area contributed by atoms with E-state index in [0.29, 0.717) is 12.5 Å². The molecular weight excluding hydrogens is 256 g/mol. The number of carbonyl (C=O) groups excluding carboxylic acids is 1. The summed E-state index contributed by atoms with van der Waals surface area (Å²) in [5.74, 6) is 0.569. The van der Waals surface area contributed by atoms with Crippen LogP contribution in [0.2, 0.25) is 0 Å². The van der Waals surface area contributed by atoms with Crippen LogP contribution >= 0.6 is 0 Å². The Morgan fingerprint density at radius 1 is 1.35 bits per heavy atom. The monoisotopic (exact) mass is 286 g/mol. The minimum Gasteiger partial charge on any atom is -0.444 e. The maximum absolute atomic E-state index is 11.8. The summed E-state index contributed by atoms with van der Waals surface area (Å²) in [7, 11) is 0. The highest BCUT2D eigenvalue weighted by Crippen LogP contribution is 2.25. The van der Waals surface area contributed by atoms with E-state index in [4.69, 9.17) is 9.47 Å². The fraction of sp³-hybridized carbons (Fsp3) is 0.933. The van der Waals surface area contributed by atoms with E-state index in [0.717, 1.165) is 13.0 Å². The van der Waals surface area contributed by atoms with Crippen LogP contribution in [0.15, 0.2) is 0 Å². The van der Waals surface area contributed by atoms with Crippen molar-refractivity contribution in [2.45, 2.75) is 71.8 Å². The lowest BCUT2D eigenvalue weighted by atomic mass is 9.82. The van der Waals surface area contributed by atoms with Gasteiger partial charge in [0.1, 0.15) is 5.60 Å². The molecule has 118 valence electrons. The molecule has 0 aliphatic heterocycles. The predicted molar refractivity (Wildman–Crippen MR) is 79.8 cm³/mol. The normalized spacial score (nSPS) is 26.2. The third-order valence-electron chi connectivity index (χ3n) is 3.16. The SMILES string of the molecule is CCOC1CC(NC(=O)OC(C)(C)C)C1NCC(C)C. The molecule has 3 unspecified atom stereocenters. The van der Waals surface area contributed by atoms with Crippen molar-refractivity contribution in [3.63, 3.8) is 0 Å². The fourth-order valence-electron chi connectivity index (χ4n) is 2.25. The summed E-state index contributed by atoms with van der Waals surface area (Å²) >= 11 is 0. The van der Waals surface area contributed by atoms with Crippen molar-refractivity contribution in [3.8, 4) is 0 Å². The fourth-order valence-corrected chi connectivity index (χ4v) is 2.25. The van der Waals surface area contributed by atoms with Gasteiger partial charge in [-0.05, 0) is 46.6 Å². The maximum Gasteiger partial charge on any atom is 0.407 e. The zero-order chi connectivity index (χ0) is 15.3. The van der Waals surface area contributed by atoms with Crippen LogP contribution in [0.5, 0.6) is 0 Å². The Balaban J connectivity index is 2.45. The van der Waals surface area contributed by atoms with Gasteiger partial charge in [0.25, 0.3) is 0 Å². The van der Waals surface area contributed by atoms with Crippen LogP contribution in [-0.2, 0) is 9.47 Å². The zero-order valence-electron chi connectivity index (χ0n) is 13.7. The van der Waals surface area contributed by atoms with Gasteiger partial charge in [-0.15, -0.1) is 0 Å². The zero-order valence-corrected chi connectivity index (χ0v) is 13.7. The first kappa shape index (κ1) is 17.2. The molecule has 0 aromatic heterocycles. The Morgan fingerprint density at radius 2 is 2.00 bits per heavy atom. The summed E-state index contributed by atoms with van der Waals surface area (Å²) in [6.45, 7) is 13.5. The van der Waals surface area contributed by atoms with Crippen molar-refractivity contribution < 1.29 is 14.3 Å². The Labute approximate surface area is 122 Å². The molecule has 0 saturated heterocycles. The quantitative estimate of drug-likeness (QED) is 0.786. The second kappa shape index (κ2) is 7.27. The van der Waals surface area contributed by atoms with Crippen molar-refractivity contribution in [2.24, 2.45) is 5.92 Å². The van der Waals surface area contributed by atoms with Crippen LogP contribution < -0.4 is 10.6 Å². The van der Waals surface area contributed by atoms with Gasteiger partial charge in [0.05, 0.1) is 18.2 Å². The molecule has 2 N–H and O–H groups in total. The Kier molecular flexibility index (Phi) is 6.27. The number of hydrogen-bond acceptors (Lipinski definition) is 4. The highest BCUT2D eigenvalue weighted by atomic mass is 16.6. The van der Waals surface area contributed by atoms with E-state index in [1.165, 1.54) is 0 Å². The smallest absolute Gasteiger partial charge is 0.407 e. The summed E-state index contributed by atoms with van der Waals surface area (Å²) in [6, 6.07) is 0.255. The molecule has 1 amide bonds. The van der Waals surface area contributed by atoms with E-state index in [1.54, 1.807) is 0 Å². The lowest BCUT2D eigenvalue weighted by molar-refractivity contribution is -0.0438. The lowest BCUT2D eigenvalue weighted by Crippen LogP contribution is -2.66. The van der Waals surface area contributed by atoms with E-state index < -0.39 is 5.60 Å². The Morgan fingerprint density at radius 3 is 2.50 bits per heavy atom. The number of alkyl carbamates (subject to hydrolysis) is 1. The van der Waals surface area contributed by atoms with Crippen LogP contribution in [0.1, 0.15) is 48.0 Å². The lowest BCUT2D eigenvalue weighted by Gasteiger charge is -2.45. The van der Waals surface area contributed by atoms with Crippen LogP contribution in [0.25, 0.3) is 0 Å². The molecular formula is C15H30N2O3. The topological polar surface area (TPSA) is 59.6 Å². The van der Waals surface area contributed by atoms with Crippen molar-refractivity contribution in [2.75, 3.05) is 13.2 Å². The molecule has 5 heteroatoms. The minimum absolute atomic E-state index is 0.0835. The average Bonchev–Trinajstić information content (AvgIpc) is 2.24. The number of hydrogen-bond donors (Lipinski definition) is 2.